The van der Waals surface area contributed by atoms with E-state index in [0.29, 0.717) is 73.7 Å². The molecule has 238 valence electrons. The van der Waals surface area contributed by atoms with Crippen molar-refractivity contribution in [3.63, 3.8) is 0 Å². The minimum absolute atomic E-state index is 0.0872. The highest BCUT2D eigenvalue weighted by molar-refractivity contribution is 5.86. The van der Waals surface area contributed by atoms with E-state index in [1.807, 2.05) is 26.0 Å². The zero-order valence-electron chi connectivity index (χ0n) is 26.5. The first kappa shape index (κ1) is 32.6. The van der Waals surface area contributed by atoms with Gasteiger partial charge in [0.05, 0.1) is 33.1 Å². The minimum atomic E-state index is -0.679. The van der Waals surface area contributed by atoms with E-state index < -0.39 is 12.1 Å². The molecule has 1 aliphatic carbocycles. The summed E-state index contributed by atoms with van der Waals surface area (Å²) in [6.07, 6.45) is 3.22. The monoisotopic (exact) mass is 608 g/mol. The molecule has 1 heterocycles. The van der Waals surface area contributed by atoms with Crippen LogP contribution in [0.2, 0.25) is 0 Å². The number of nitrogens with one attached hydrogen (secondary N) is 3. The summed E-state index contributed by atoms with van der Waals surface area (Å²) in [7, 11) is 4.65. The van der Waals surface area contributed by atoms with Crippen LogP contribution in [0.5, 0.6) is 17.2 Å². The Labute approximate surface area is 258 Å². The summed E-state index contributed by atoms with van der Waals surface area (Å²) in [5, 5.41) is 9.18. The Morgan fingerprint density at radius 1 is 1.05 bits per heavy atom. The lowest BCUT2D eigenvalue weighted by Gasteiger charge is -2.24. The summed E-state index contributed by atoms with van der Waals surface area (Å²) in [6, 6.07) is 5.83. The molecule has 2 aliphatic rings. The fraction of sp³-hybridized carbons (Fsp3) is 0.515. The number of methoxy groups -OCH3 is 3. The first-order valence-electron chi connectivity index (χ1n) is 15.2. The minimum Gasteiger partial charge on any atom is -0.493 e. The van der Waals surface area contributed by atoms with Crippen LogP contribution in [0.15, 0.2) is 29.1 Å². The van der Waals surface area contributed by atoms with Crippen LogP contribution in [0, 0.1) is 5.92 Å². The van der Waals surface area contributed by atoms with E-state index in [-0.39, 0.29) is 34.8 Å². The third-order valence-electron chi connectivity index (χ3n) is 8.57. The molecule has 0 radical (unpaired) electrons. The third-order valence-corrected chi connectivity index (χ3v) is 8.57. The molecule has 2 aromatic carbocycles. The lowest BCUT2D eigenvalue weighted by molar-refractivity contribution is -0.128. The van der Waals surface area contributed by atoms with Crippen LogP contribution in [0.1, 0.15) is 63.6 Å². The third kappa shape index (κ3) is 6.92. The maximum Gasteiger partial charge on any atom is 0.242 e. The average molecular weight is 609 g/mol. The summed E-state index contributed by atoms with van der Waals surface area (Å²) in [6.45, 7) is 6.89. The van der Waals surface area contributed by atoms with Gasteiger partial charge in [0.2, 0.25) is 28.9 Å². The molecule has 1 fully saturated rings. The van der Waals surface area contributed by atoms with Gasteiger partial charge in [-0.1, -0.05) is 26.3 Å². The standard InChI is InChI=1S/C33H44N4O7/c1-7-19(2)30(33(41)34-14-16-37-15-8-9-28(37)40)36-25-13-11-22-23(18-26(25)39)24(35-20(3)38)12-10-21-17-27(42-4)31(43-5)32(44-6)29(21)22/h11,13,17-19,24,30H,7-10,12,14-16H2,1-6H3,(H,34,41)(H,35,38)(H,36,39)/t19-,24+,30+/m0/s1. The molecule has 4 rings (SSSR count). The van der Waals surface area contributed by atoms with Crippen molar-refractivity contribution in [3.05, 3.63) is 45.6 Å². The van der Waals surface area contributed by atoms with Crippen molar-refractivity contribution in [1.82, 2.24) is 15.5 Å². The molecule has 0 unspecified atom stereocenters. The van der Waals surface area contributed by atoms with Crippen molar-refractivity contribution in [3.8, 4) is 28.4 Å². The second-order valence-electron chi connectivity index (χ2n) is 11.4. The van der Waals surface area contributed by atoms with Gasteiger partial charge in [0.15, 0.2) is 11.5 Å². The summed E-state index contributed by atoms with van der Waals surface area (Å²) in [5.74, 6) is 0.980. The highest BCUT2D eigenvalue weighted by Gasteiger charge is 2.30. The molecular formula is C33H44N4O7. The van der Waals surface area contributed by atoms with Crippen LogP contribution in [0.25, 0.3) is 11.1 Å². The normalized spacial score (nSPS) is 17.0. The number of likely N-dealkylation sites (tertiary alicyclic amines) is 1. The first-order valence-corrected chi connectivity index (χ1v) is 15.2. The van der Waals surface area contributed by atoms with E-state index in [0.717, 1.165) is 17.5 Å². The Bertz CT molecular complexity index is 1460. The molecule has 3 N–H and O–H groups in total. The quantitative estimate of drug-likeness (QED) is 0.334. The zero-order chi connectivity index (χ0) is 32.0. The number of fused-ring (bicyclic) bond motifs is 3. The summed E-state index contributed by atoms with van der Waals surface area (Å²) in [5.41, 5.74) is 2.97. The number of hydrogen-bond donors (Lipinski definition) is 3. The molecule has 44 heavy (non-hydrogen) atoms. The van der Waals surface area contributed by atoms with Crippen molar-refractivity contribution >= 4 is 23.4 Å². The summed E-state index contributed by atoms with van der Waals surface area (Å²) in [4.78, 5) is 53.1. The molecule has 0 bridgehead atoms. The zero-order valence-corrected chi connectivity index (χ0v) is 26.5. The number of nitrogens with zero attached hydrogens (tertiary/aromatic N) is 1. The maximum atomic E-state index is 13.8. The van der Waals surface area contributed by atoms with E-state index in [9.17, 15) is 19.2 Å². The number of benzene rings is 1. The van der Waals surface area contributed by atoms with Gasteiger partial charge < -0.3 is 35.1 Å². The van der Waals surface area contributed by atoms with E-state index >= 15 is 0 Å². The number of aryl methyl sites for hydroxylation is 1. The maximum absolute atomic E-state index is 13.8. The van der Waals surface area contributed by atoms with Crippen LogP contribution < -0.4 is 35.6 Å². The highest BCUT2D eigenvalue weighted by Crippen LogP contribution is 2.50. The van der Waals surface area contributed by atoms with E-state index in [2.05, 4.69) is 16.0 Å². The lowest BCUT2D eigenvalue weighted by atomic mass is 9.95. The Balaban J connectivity index is 1.76. The van der Waals surface area contributed by atoms with Crippen molar-refractivity contribution in [2.24, 2.45) is 5.92 Å². The van der Waals surface area contributed by atoms with Gasteiger partial charge in [0.1, 0.15) is 6.04 Å². The van der Waals surface area contributed by atoms with Crippen LogP contribution in [-0.2, 0) is 20.8 Å². The second kappa shape index (κ2) is 14.5. The molecule has 11 nitrogen and oxygen atoms in total. The molecule has 3 atom stereocenters. The van der Waals surface area contributed by atoms with Crippen molar-refractivity contribution < 1.29 is 28.6 Å². The van der Waals surface area contributed by atoms with Gasteiger partial charge in [0, 0.05) is 38.5 Å². The largest absolute Gasteiger partial charge is 0.493 e. The van der Waals surface area contributed by atoms with Gasteiger partial charge in [-0.05, 0) is 60.1 Å². The Morgan fingerprint density at radius 2 is 1.80 bits per heavy atom. The van der Waals surface area contributed by atoms with E-state index in [4.69, 9.17) is 14.2 Å². The number of amides is 3. The first-order chi connectivity index (χ1) is 21.1. The van der Waals surface area contributed by atoms with Crippen LogP contribution in [-0.4, -0.2) is 69.6 Å². The van der Waals surface area contributed by atoms with Gasteiger partial charge in [-0.2, -0.15) is 0 Å². The SMILES string of the molecule is CC[C@H](C)[C@@H](Nc1ccc2c(cc1=O)[C@H](NC(C)=O)CCc1cc(OC)c(OC)c(OC)c1-2)C(=O)NCCN1CCCC1=O. The van der Waals surface area contributed by atoms with Crippen LogP contribution in [0.3, 0.4) is 0 Å². The molecule has 11 heteroatoms. The predicted octanol–water partition coefficient (Wildman–Crippen LogP) is 3.43. The van der Waals surface area contributed by atoms with Gasteiger partial charge in [-0.25, -0.2) is 0 Å². The molecular weight excluding hydrogens is 564 g/mol. The Morgan fingerprint density at radius 3 is 2.41 bits per heavy atom. The summed E-state index contributed by atoms with van der Waals surface area (Å²) < 4.78 is 17.1. The number of rotatable bonds is 12. The van der Waals surface area contributed by atoms with Gasteiger partial charge >= 0.3 is 0 Å². The molecule has 3 amide bonds. The molecule has 1 saturated heterocycles. The molecule has 2 aromatic rings. The van der Waals surface area contributed by atoms with Gasteiger partial charge in [0.25, 0.3) is 0 Å². The number of carbonyl (C=O) groups is 3. The predicted molar refractivity (Wildman–Crippen MR) is 168 cm³/mol. The van der Waals surface area contributed by atoms with Crippen molar-refractivity contribution in [2.75, 3.05) is 46.3 Å². The number of anilines is 1. The fourth-order valence-electron chi connectivity index (χ4n) is 6.06. The molecule has 0 aromatic heterocycles. The van der Waals surface area contributed by atoms with Crippen molar-refractivity contribution in [1.29, 1.82) is 0 Å². The lowest BCUT2D eigenvalue weighted by Crippen LogP contribution is -2.46. The Hall–Kier alpha value is -4.28. The number of ether oxygens (including phenoxy) is 3. The van der Waals surface area contributed by atoms with E-state index in [1.54, 1.807) is 25.2 Å². The Kier molecular flexibility index (Phi) is 10.7. The van der Waals surface area contributed by atoms with Crippen LogP contribution in [0.4, 0.5) is 5.69 Å². The summed E-state index contributed by atoms with van der Waals surface area (Å²) >= 11 is 0. The smallest absolute Gasteiger partial charge is 0.242 e. The van der Waals surface area contributed by atoms with E-state index in [1.165, 1.54) is 20.1 Å². The molecule has 0 spiro atoms. The van der Waals surface area contributed by atoms with Crippen molar-refractivity contribution in [2.45, 2.75) is 65.0 Å². The average Bonchev–Trinajstić information content (AvgIpc) is 3.27. The second-order valence-corrected chi connectivity index (χ2v) is 11.4. The number of hydrogen-bond acceptors (Lipinski definition) is 8. The van der Waals surface area contributed by atoms with Gasteiger partial charge in [-0.15, -0.1) is 0 Å². The number of carbonyl (C=O) groups excluding carboxylic acids is 3. The van der Waals surface area contributed by atoms with Crippen LogP contribution >= 0.6 is 0 Å². The topological polar surface area (TPSA) is 135 Å². The molecule has 0 saturated carbocycles. The van der Waals surface area contributed by atoms with Gasteiger partial charge in [-0.3, -0.25) is 19.2 Å². The molecule has 1 aliphatic heterocycles. The fourth-order valence-corrected chi connectivity index (χ4v) is 6.06. The highest BCUT2D eigenvalue weighted by atomic mass is 16.5.